The summed E-state index contributed by atoms with van der Waals surface area (Å²) < 4.78 is 21.4. The third-order valence-electron chi connectivity index (χ3n) is 3.62. The number of methoxy groups -OCH3 is 2. The van der Waals surface area contributed by atoms with E-state index in [-0.39, 0.29) is 5.91 Å². The number of anilines is 1. The average molecular weight is 359 g/mol. The van der Waals surface area contributed by atoms with E-state index in [0.29, 0.717) is 43.2 Å². The lowest BCUT2D eigenvalue weighted by atomic mass is 10.2. The smallest absolute Gasteiger partial charge is 0.224 e. The van der Waals surface area contributed by atoms with Crippen LogP contribution in [0, 0.1) is 0 Å². The molecule has 0 bridgehead atoms. The van der Waals surface area contributed by atoms with Crippen molar-refractivity contribution in [3.63, 3.8) is 0 Å². The van der Waals surface area contributed by atoms with E-state index in [4.69, 9.17) is 18.9 Å². The zero-order chi connectivity index (χ0) is 18.8. The molecule has 0 fully saturated rings. The van der Waals surface area contributed by atoms with E-state index in [2.05, 4.69) is 5.32 Å². The van der Waals surface area contributed by atoms with Crippen molar-refractivity contribution in [2.45, 2.75) is 19.8 Å². The largest absolute Gasteiger partial charge is 0.497 e. The Morgan fingerprint density at radius 2 is 1.65 bits per heavy atom. The Balaban J connectivity index is 1.76. The molecule has 0 aliphatic carbocycles. The fourth-order valence-electron chi connectivity index (χ4n) is 2.34. The predicted molar refractivity (Wildman–Crippen MR) is 101 cm³/mol. The van der Waals surface area contributed by atoms with Crippen LogP contribution in [-0.4, -0.2) is 33.3 Å². The molecule has 2 aromatic rings. The van der Waals surface area contributed by atoms with Gasteiger partial charge in [0, 0.05) is 18.2 Å². The molecular formula is C20H25NO5. The Hall–Kier alpha value is -2.89. The van der Waals surface area contributed by atoms with E-state index in [1.807, 2.05) is 31.2 Å². The number of amides is 1. The van der Waals surface area contributed by atoms with Crippen molar-refractivity contribution in [3.05, 3.63) is 42.5 Å². The van der Waals surface area contributed by atoms with Crippen LogP contribution in [0.2, 0.25) is 0 Å². The number of benzene rings is 2. The molecule has 0 aromatic heterocycles. The normalized spacial score (nSPS) is 10.1. The number of ether oxygens (including phenoxy) is 4. The van der Waals surface area contributed by atoms with Gasteiger partial charge < -0.3 is 24.3 Å². The van der Waals surface area contributed by atoms with Gasteiger partial charge in [-0.05, 0) is 49.7 Å². The lowest BCUT2D eigenvalue weighted by Gasteiger charge is -2.12. The van der Waals surface area contributed by atoms with Gasteiger partial charge in [0.1, 0.15) is 11.5 Å². The van der Waals surface area contributed by atoms with Crippen LogP contribution < -0.4 is 24.3 Å². The van der Waals surface area contributed by atoms with Gasteiger partial charge >= 0.3 is 0 Å². The van der Waals surface area contributed by atoms with Gasteiger partial charge in [-0.15, -0.1) is 0 Å². The Kier molecular flexibility index (Phi) is 7.61. The van der Waals surface area contributed by atoms with Gasteiger partial charge in [0.25, 0.3) is 0 Å². The van der Waals surface area contributed by atoms with Crippen molar-refractivity contribution < 1.29 is 23.7 Å². The van der Waals surface area contributed by atoms with Crippen molar-refractivity contribution >= 4 is 11.6 Å². The SMILES string of the molecule is CCOc1ccc(NC(=O)CCCOc2ccc(OC)cc2)cc1OC. The van der Waals surface area contributed by atoms with Gasteiger partial charge in [-0.3, -0.25) is 4.79 Å². The molecule has 1 amide bonds. The van der Waals surface area contributed by atoms with Crippen LogP contribution in [0.5, 0.6) is 23.0 Å². The standard InChI is InChI=1S/C20H25NO5/c1-4-25-18-12-7-15(14-19(18)24-3)21-20(22)6-5-13-26-17-10-8-16(23-2)9-11-17/h7-12,14H,4-6,13H2,1-3H3,(H,21,22). The van der Waals surface area contributed by atoms with Gasteiger partial charge in [0.2, 0.25) is 5.91 Å². The molecule has 26 heavy (non-hydrogen) atoms. The number of carbonyl (C=O) groups excluding carboxylic acids is 1. The van der Waals surface area contributed by atoms with E-state index in [9.17, 15) is 4.79 Å². The van der Waals surface area contributed by atoms with Crippen molar-refractivity contribution in [2.75, 3.05) is 32.8 Å². The molecule has 0 unspecified atom stereocenters. The van der Waals surface area contributed by atoms with Gasteiger partial charge in [-0.25, -0.2) is 0 Å². The van der Waals surface area contributed by atoms with E-state index < -0.39 is 0 Å². The molecule has 2 aromatic carbocycles. The molecule has 0 aliphatic rings. The zero-order valence-corrected chi connectivity index (χ0v) is 15.4. The summed E-state index contributed by atoms with van der Waals surface area (Å²) in [5.74, 6) is 2.70. The zero-order valence-electron chi connectivity index (χ0n) is 15.4. The maximum Gasteiger partial charge on any atom is 0.224 e. The molecule has 6 heteroatoms. The molecule has 1 N–H and O–H groups in total. The first-order valence-electron chi connectivity index (χ1n) is 8.53. The third kappa shape index (κ3) is 5.88. The van der Waals surface area contributed by atoms with E-state index in [1.165, 1.54) is 0 Å². The molecule has 0 saturated carbocycles. The molecule has 0 aliphatic heterocycles. The van der Waals surface area contributed by atoms with Crippen LogP contribution in [0.4, 0.5) is 5.69 Å². The third-order valence-corrected chi connectivity index (χ3v) is 3.62. The Labute approximate surface area is 154 Å². The predicted octanol–water partition coefficient (Wildman–Crippen LogP) is 3.90. The Morgan fingerprint density at radius 1 is 0.923 bits per heavy atom. The second-order valence-electron chi connectivity index (χ2n) is 5.47. The lowest BCUT2D eigenvalue weighted by Crippen LogP contribution is -2.13. The summed E-state index contributed by atoms with van der Waals surface area (Å²) in [5, 5.41) is 2.85. The molecule has 0 spiro atoms. The minimum atomic E-state index is -0.0745. The molecule has 140 valence electrons. The topological polar surface area (TPSA) is 66.0 Å². The molecule has 0 atom stereocenters. The molecule has 6 nitrogen and oxygen atoms in total. The highest BCUT2D eigenvalue weighted by Crippen LogP contribution is 2.30. The van der Waals surface area contributed by atoms with Crippen LogP contribution >= 0.6 is 0 Å². The van der Waals surface area contributed by atoms with Crippen LogP contribution in [0.3, 0.4) is 0 Å². The first-order valence-corrected chi connectivity index (χ1v) is 8.53. The summed E-state index contributed by atoms with van der Waals surface area (Å²) in [6.45, 7) is 2.92. The minimum Gasteiger partial charge on any atom is -0.497 e. The van der Waals surface area contributed by atoms with E-state index in [0.717, 1.165) is 11.5 Å². The number of hydrogen-bond acceptors (Lipinski definition) is 5. The van der Waals surface area contributed by atoms with Crippen molar-refractivity contribution in [3.8, 4) is 23.0 Å². The highest BCUT2D eigenvalue weighted by atomic mass is 16.5. The number of hydrogen-bond donors (Lipinski definition) is 1. The second kappa shape index (κ2) is 10.2. The Bertz CT molecular complexity index is 700. The van der Waals surface area contributed by atoms with Crippen LogP contribution in [0.1, 0.15) is 19.8 Å². The summed E-state index contributed by atoms with van der Waals surface area (Å²) in [6.07, 6.45) is 0.984. The monoisotopic (exact) mass is 359 g/mol. The summed E-state index contributed by atoms with van der Waals surface area (Å²) in [7, 11) is 3.19. The van der Waals surface area contributed by atoms with E-state index in [1.54, 1.807) is 32.4 Å². The number of nitrogens with one attached hydrogen (secondary N) is 1. The molecule has 2 rings (SSSR count). The minimum absolute atomic E-state index is 0.0745. The highest BCUT2D eigenvalue weighted by Gasteiger charge is 2.08. The second-order valence-corrected chi connectivity index (χ2v) is 5.47. The Morgan fingerprint density at radius 3 is 2.31 bits per heavy atom. The number of carbonyl (C=O) groups is 1. The molecule has 0 heterocycles. The van der Waals surface area contributed by atoms with E-state index >= 15 is 0 Å². The summed E-state index contributed by atoms with van der Waals surface area (Å²) >= 11 is 0. The number of rotatable bonds is 10. The lowest BCUT2D eigenvalue weighted by molar-refractivity contribution is -0.116. The van der Waals surface area contributed by atoms with Gasteiger partial charge in [0.05, 0.1) is 27.4 Å². The quantitative estimate of drug-likeness (QED) is 0.652. The van der Waals surface area contributed by atoms with Crippen molar-refractivity contribution in [1.82, 2.24) is 0 Å². The maximum atomic E-state index is 12.1. The van der Waals surface area contributed by atoms with Crippen molar-refractivity contribution in [1.29, 1.82) is 0 Å². The molecule has 0 saturated heterocycles. The highest BCUT2D eigenvalue weighted by molar-refractivity contribution is 5.91. The fourth-order valence-corrected chi connectivity index (χ4v) is 2.34. The van der Waals surface area contributed by atoms with Crippen molar-refractivity contribution in [2.24, 2.45) is 0 Å². The van der Waals surface area contributed by atoms with Crippen LogP contribution in [0.25, 0.3) is 0 Å². The van der Waals surface area contributed by atoms with Crippen LogP contribution in [-0.2, 0) is 4.79 Å². The van der Waals surface area contributed by atoms with Gasteiger partial charge in [-0.2, -0.15) is 0 Å². The fraction of sp³-hybridized carbons (Fsp3) is 0.350. The molecular weight excluding hydrogens is 334 g/mol. The van der Waals surface area contributed by atoms with Gasteiger partial charge in [0.15, 0.2) is 11.5 Å². The van der Waals surface area contributed by atoms with Gasteiger partial charge in [-0.1, -0.05) is 0 Å². The summed E-state index contributed by atoms with van der Waals surface area (Å²) in [5.41, 5.74) is 0.673. The first kappa shape index (κ1) is 19.4. The summed E-state index contributed by atoms with van der Waals surface area (Å²) in [4.78, 5) is 12.1. The summed E-state index contributed by atoms with van der Waals surface area (Å²) in [6, 6.07) is 12.7. The first-order chi connectivity index (χ1) is 12.7. The maximum absolute atomic E-state index is 12.1. The van der Waals surface area contributed by atoms with Crippen LogP contribution in [0.15, 0.2) is 42.5 Å². The average Bonchev–Trinajstić information content (AvgIpc) is 2.67. The molecule has 0 radical (unpaired) electrons.